The molecule has 2 saturated heterocycles. The van der Waals surface area contributed by atoms with Crippen molar-refractivity contribution in [1.29, 1.82) is 0 Å². The van der Waals surface area contributed by atoms with Gasteiger partial charge >= 0.3 is 6.18 Å². The Hall–Kier alpha value is -0.830. The number of hydrogen-bond donors (Lipinski definition) is 1. The summed E-state index contributed by atoms with van der Waals surface area (Å²) in [6.45, 7) is 2.16. The van der Waals surface area contributed by atoms with Crippen LogP contribution in [-0.2, 0) is 16.2 Å². The number of rotatable bonds is 2. The molecule has 2 aliphatic rings. The number of halogens is 4. The van der Waals surface area contributed by atoms with E-state index in [-0.39, 0.29) is 34.9 Å². The summed E-state index contributed by atoms with van der Waals surface area (Å²) in [5, 5.41) is 3.40. The van der Waals surface area contributed by atoms with Gasteiger partial charge in [0.05, 0.1) is 10.5 Å². The zero-order valence-electron chi connectivity index (χ0n) is 13.1. The third kappa shape index (κ3) is 3.71. The van der Waals surface area contributed by atoms with Crippen LogP contribution in [0.1, 0.15) is 30.4 Å². The van der Waals surface area contributed by atoms with Crippen LogP contribution in [0.2, 0.25) is 0 Å². The van der Waals surface area contributed by atoms with Crippen molar-refractivity contribution in [3.05, 3.63) is 29.3 Å². The van der Waals surface area contributed by atoms with Crippen molar-refractivity contribution in [3.63, 3.8) is 0 Å². The van der Waals surface area contributed by atoms with Crippen molar-refractivity contribution < 1.29 is 21.6 Å². The van der Waals surface area contributed by atoms with E-state index in [4.69, 9.17) is 0 Å². The van der Waals surface area contributed by atoms with Crippen LogP contribution >= 0.6 is 12.4 Å². The second kappa shape index (κ2) is 6.82. The smallest absolute Gasteiger partial charge is 0.309 e. The van der Waals surface area contributed by atoms with Gasteiger partial charge in [-0.05, 0) is 43.5 Å². The number of piperidine rings is 1. The molecule has 2 bridgehead atoms. The average Bonchev–Trinajstić information content (AvgIpc) is 2.45. The number of alkyl halides is 3. The minimum atomic E-state index is -4.47. The van der Waals surface area contributed by atoms with Gasteiger partial charge in [0.15, 0.2) is 0 Å². The predicted molar refractivity (Wildman–Crippen MR) is 86.8 cm³/mol. The Bertz CT molecular complexity index is 697. The summed E-state index contributed by atoms with van der Waals surface area (Å²) in [6, 6.07) is 3.07. The maximum Gasteiger partial charge on any atom is 0.416 e. The molecule has 0 saturated carbocycles. The number of fused-ring (bicyclic) bond motifs is 2. The number of nitrogens with one attached hydrogen (secondary N) is 1. The molecular weight excluding hydrogens is 365 g/mol. The normalized spacial score (nSPS) is 25.2. The molecule has 9 heteroatoms. The molecule has 136 valence electrons. The van der Waals surface area contributed by atoms with Gasteiger partial charge in [-0.2, -0.15) is 17.5 Å². The number of piperazine rings is 1. The summed E-state index contributed by atoms with van der Waals surface area (Å²) < 4.78 is 65.3. The van der Waals surface area contributed by atoms with Crippen LogP contribution in [-0.4, -0.2) is 37.9 Å². The van der Waals surface area contributed by atoms with Crippen molar-refractivity contribution >= 4 is 22.4 Å². The van der Waals surface area contributed by atoms with Crippen LogP contribution in [0.25, 0.3) is 0 Å². The first-order chi connectivity index (χ1) is 10.7. The van der Waals surface area contributed by atoms with Crippen LogP contribution in [0.3, 0.4) is 0 Å². The summed E-state index contributed by atoms with van der Waals surface area (Å²) in [6.07, 6.45) is -1.54. The first-order valence-corrected chi connectivity index (χ1v) is 9.06. The summed E-state index contributed by atoms with van der Waals surface area (Å²) in [4.78, 5) is -0.0366. The minimum absolute atomic E-state index is 0. The number of hydrogen-bond acceptors (Lipinski definition) is 3. The molecule has 0 aliphatic carbocycles. The molecule has 2 atom stereocenters. The Morgan fingerprint density at radius 2 is 1.75 bits per heavy atom. The summed E-state index contributed by atoms with van der Waals surface area (Å²) in [7, 11) is -3.77. The van der Waals surface area contributed by atoms with Gasteiger partial charge < -0.3 is 5.32 Å². The molecule has 24 heavy (non-hydrogen) atoms. The van der Waals surface area contributed by atoms with Gasteiger partial charge in [0, 0.05) is 25.2 Å². The van der Waals surface area contributed by atoms with E-state index in [1.54, 1.807) is 0 Å². The van der Waals surface area contributed by atoms with Crippen molar-refractivity contribution in [2.24, 2.45) is 0 Å². The number of nitrogens with zero attached hydrogens (tertiary/aromatic N) is 1. The van der Waals surface area contributed by atoms with E-state index in [2.05, 4.69) is 5.32 Å². The second-order valence-corrected chi connectivity index (χ2v) is 8.20. The predicted octanol–water partition coefficient (Wildman–Crippen LogP) is 2.95. The molecule has 3 rings (SSSR count). The Morgan fingerprint density at radius 1 is 1.17 bits per heavy atom. The highest BCUT2D eigenvalue weighted by molar-refractivity contribution is 7.89. The zero-order chi connectivity index (χ0) is 16.8. The molecule has 0 aromatic heterocycles. The highest BCUT2D eigenvalue weighted by Crippen LogP contribution is 2.33. The highest BCUT2D eigenvalue weighted by Gasteiger charge is 2.37. The molecule has 1 aromatic rings. The molecule has 0 radical (unpaired) electrons. The van der Waals surface area contributed by atoms with Crippen molar-refractivity contribution in [3.8, 4) is 0 Å². The van der Waals surface area contributed by atoms with E-state index in [0.29, 0.717) is 13.1 Å². The maximum absolute atomic E-state index is 12.8. The van der Waals surface area contributed by atoms with Gasteiger partial charge in [-0.3, -0.25) is 0 Å². The standard InChI is InChI=1S/C15H19F3N2O2S.ClH/c1-10-7-11(15(16,17)18)5-6-14(10)23(21,22)20-8-12-3-2-4-13(9-20)19-12;/h5-7,12-13,19H,2-4,8-9H2,1H3;1H. The van der Waals surface area contributed by atoms with E-state index < -0.39 is 21.8 Å². The minimum Gasteiger partial charge on any atom is -0.309 e. The third-order valence-corrected chi connectivity index (χ3v) is 6.54. The van der Waals surface area contributed by atoms with E-state index in [9.17, 15) is 21.6 Å². The van der Waals surface area contributed by atoms with Crippen LogP contribution in [0.5, 0.6) is 0 Å². The van der Waals surface area contributed by atoms with Gasteiger partial charge in [-0.25, -0.2) is 8.42 Å². The average molecular weight is 385 g/mol. The van der Waals surface area contributed by atoms with E-state index in [0.717, 1.165) is 37.5 Å². The lowest BCUT2D eigenvalue weighted by atomic mass is 9.96. The molecule has 2 fully saturated rings. The number of benzene rings is 1. The SMILES string of the molecule is Cc1cc(C(F)(F)F)ccc1S(=O)(=O)N1CC2CCCC(C1)N2.Cl. The van der Waals surface area contributed by atoms with Gasteiger partial charge in [0.1, 0.15) is 0 Å². The summed E-state index contributed by atoms with van der Waals surface area (Å²) >= 11 is 0. The Balaban J connectivity index is 0.00000208. The first kappa shape index (κ1) is 19.5. The third-order valence-electron chi connectivity index (χ3n) is 4.54. The van der Waals surface area contributed by atoms with Gasteiger partial charge in [-0.1, -0.05) is 6.42 Å². The fourth-order valence-corrected chi connectivity index (χ4v) is 5.15. The van der Waals surface area contributed by atoms with E-state index >= 15 is 0 Å². The molecule has 0 spiro atoms. The van der Waals surface area contributed by atoms with Crippen molar-refractivity contribution in [2.45, 2.75) is 49.3 Å². The van der Waals surface area contributed by atoms with E-state index in [1.165, 1.54) is 11.2 Å². The largest absolute Gasteiger partial charge is 0.416 e. The lowest BCUT2D eigenvalue weighted by Crippen LogP contribution is -2.59. The van der Waals surface area contributed by atoms with Crippen molar-refractivity contribution in [1.82, 2.24) is 9.62 Å². The summed E-state index contributed by atoms with van der Waals surface area (Å²) in [5.41, 5.74) is -0.699. The van der Waals surface area contributed by atoms with Crippen LogP contribution in [0, 0.1) is 6.92 Å². The molecule has 4 nitrogen and oxygen atoms in total. The number of aryl methyl sites for hydroxylation is 1. The monoisotopic (exact) mass is 384 g/mol. The lowest BCUT2D eigenvalue weighted by molar-refractivity contribution is -0.137. The van der Waals surface area contributed by atoms with Crippen LogP contribution < -0.4 is 5.32 Å². The Labute approximate surface area is 145 Å². The van der Waals surface area contributed by atoms with Gasteiger partial charge in [-0.15, -0.1) is 12.4 Å². The van der Waals surface area contributed by atoms with Gasteiger partial charge in [0.2, 0.25) is 10.0 Å². The van der Waals surface area contributed by atoms with E-state index in [1.807, 2.05) is 0 Å². The number of sulfonamides is 1. The quantitative estimate of drug-likeness (QED) is 0.852. The molecule has 0 amide bonds. The fraction of sp³-hybridized carbons (Fsp3) is 0.600. The molecular formula is C15H20ClF3N2O2S. The Morgan fingerprint density at radius 3 is 2.25 bits per heavy atom. The topological polar surface area (TPSA) is 49.4 Å². The molecule has 2 unspecified atom stereocenters. The molecule has 1 aromatic carbocycles. The van der Waals surface area contributed by atoms with Crippen LogP contribution in [0.4, 0.5) is 13.2 Å². The van der Waals surface area contributed by atoms with Crippen molar-refractivity contribution in [2.75, 3.05) is 13.1 Å². The highest BCUT2D eigenvalue weighted by atomic mass is 35.5. The second-order valence-electron chi connectivity index (χ2n) is 6.29. The Kier molecular flexibility index (Phi) is 5.54. The summed E-state index contributed by atoms with van der Waals surface area (Å²) in [5.74, 6) is 0. The molecule has 2 aliphatic heterocycles. The van der Waals surface area contributed by atoms with Gasteiger partial charge in [0.25, 0.3) is 0 Å². The molecule has 2 heterocycles. The fourth-order valence-electron chi connectivity index (χ4n) is 3.42. The first-order valence-electron chi connectivity index (χ1n) is 7.62. The van der Waals surface area contributed by atoms with Crippen LogP contribution in [0.15, 0.2) is 23.1 Å². The molecule has 1 N–H and O–H groups in total. The zero-order valence-corrected chi connectivity index (χ0v) is 14.8. The maximum atomic E-state index is 12.8. The lowest BCUT2D eigenvalue weighted by Gasteiger charge is -2.41.